The van der Waals surface area contributed by atoms with Crippen molar-refractivity contribution < 1.29 is 5.11 Å². The first-order valence-electron chi connectivity index (χ1n) is 5.28. The fourth-order valence-electron chi connectivity index (χ4n) is 2.77. The average molecular weight is 169 g/mol. The third-order valence-electron chi connectivity index (χ3n) is 3.43. The lowest BCUT2D eigenvalue weighted by Gasteiger charge is -2.29. The summed E-state index contributed by atoms with van der Waals surface area (Å²) in [6.07, 6.45) is 8.06. The fourth-order valence-corrected chi connectivity index (χ4v) is 2.77. The molecule has 0 radical (unpaired) electrons. The molecule has 0 unspecified atom stereocenters. The molecule has 1 N–H and O–H groups in total. The van der Waals surface area contributed by atoms with E-state index in [0.717, 1.165) is 6.04 Å². The predicted octanol–water partition coefficient (Wildman–Crippen LogP) is 1.39. The minimum absolute atomic E-state index is 0.372. The Hall–Kier alpha value is -0.0800. The van der Waals surface area contributed by atoms with E-state index in [9.17, 15) is 0 Å². The van der Waals surface area contributed by atoms with Crippen molar-refractivity contribution in [2.45, 2.75) is 50.6 Å². The van der Waals surface area contributed by atoms with Crippen molar-refractivity contribution in [3.05, 3.63) is 0 Å². The lowest BCUT2D eigenvalue weighted by molar-refractivity contribution is 0.121. The second-order valence-corrected chi connectivity index (χ2v) is 4.15. The Morgan fingerprint density at radius 2 is 1.83 bits per heavy atom. The van der Waals surface area contributed by atoms with Crippen LogP contribution in [-0.4, -0.2) is 35.2 Å². The highest BCUT2D eigenvalue weighted by Gasteiger charge is 2.31. The first kappa shape index (κ1) is 8.52. The summed E-state index contributed by atoms with van der Waals surface area (Å²) in [5, 5.41) is 9.16. The maximum absolute atomic E-state index is 9.16. The molecule has 1 aliphatic carbocycles. The first-order chi connectivity index (χ1) is 5.92. The molecule has 70 valence electrons. The van der Waals surface area contributed by atoms with Gasteiger partial charge in [-0.15, -0.1) is 0 Å². The topological polar surface area (TPSA) is 23.5 Å². The van der Waals surface area contributed by atoms with Crippen molar-refractivity contribution in [1.82, 2.24) is 4.90 Å². The second-order valence-electron chi connectivity index (χ2n) is 4.15. The zero-order chi connectivity index (χ0) is 8.39. The van der Waals surface area contributed by atoms with E-state index in [4.69, 9.17) is 5.11 Å². The number of hydrogen-bond acceptors (Lipinski definition) is 2. The normalized spacial score (nSPS) is 33.2. The minimum Gasteiger partial charge on any atom is -0.395 e. The maximum Gasteiger partial charge on any atom is 0.0586 e. The van der Waals surface area contributed by atoms with E-state index in [2.05, 4.69) is 4.90 Å². The molecule has 2 nitrogen and oxygen atoms in total. The van der Waals surface area contributed by atoms with Gasteiger partial charge in [0.2, 0.25) is 0 Å². The summed E-state index contributed by atoms with van der Waals surface area (Å²) in [7, 11) is 0. The molecule has 1 saturated carbocycles. The van der Waals surface area contributed by atoms with Crippen molar-refractivity contribution >= 4 is 0 Å². The number of aliphatic hydroxyl groups is 1. The standard InChI is InChI=1S/C10H19NO/c12-8-10-6-3-7-11(10)9-4-1-2-5-9/h9-10,12H,1-8H2/t10-/m0/s1. The van der Waals surface area contributed by atoms with Crippen LogP contribution in [0, 0.1) is 0 Å². The van der Waals surface area contributed by atoms with Gasteiger partial charge >= 0.3 is 0 Å². The monoisotopic (exact) mass is 169 g/mol. The van der Waals surface area contributed by atoms with Crippen molar-refractivity contribution in [3.8, 4) is 0 Å². The van der Waals surface area contributed by atoms with E-state index in [1.807, 2.05) is 0 Å². The second kappa shape index (κ2) is 3.75. The summed E-state index contributed by atoms with van der Waals surface area (Å²) in [4.78, 5) is 2.55. The number of rotatable bonds is 2. The van der Waals surface area contributed by atoms with Gasteiger partial charge in [-0.2, -0.15) is 0 Å². The molecule has 0 aromatic rings. The third-order valence-corrected chi connectivity index (χ3v) is 3.43. The Labute approximate surface area is 74.6 Å². The highest BCUT2D eigenvalue weighted by Crippen LogP contribution is 2.29. The molecule has 0 aromatic carbocycles. The molecule has 2 aliphatic rings. The Balaban J connectivity index is 1.92. The third kappa shape index (κ3) is 1.50. The van der Waals surface area contributed by atoms with Crippen LogP contribution < -0.4 is 0 Å². The minimum atomic E-state index is 0.372. The van der Waals surface area contributed by atoms with E-state index in [1.165, 1.54) is 45.1 Å². The van der Waals surface area contributed by atoms with Gasteiger partial charge in [0.1, 0.15) is 0 Å². The molecule has 1 saturated heterocycles. The molecule has 2 rings (SSSR count). The Bertz CT molecular complexity index is 143. The molecule has 1 atom stereocenters. The van der Waals surface area contributed by atoms with Crippen LogP contribution >= 0.6 is 0 Å². The zero-order valence-electron chi connectivity index (χ0n) is 7.71. The first-order valence-corrected chi connectivity index (χ1v) is 5.28. The van der Waals surface area contributed by atoms with Gasteiger partial charge in [0.25, 0.3) is 0 Å². The summed E-state index contributed by atoms with van der Waals surface area (Å²) in [5.41, 5.74) is 0. The van der Waals surface area contributed by atoms with E-state index >= 15 is 0 Å². The molecule has 2 fully saturated rings. The van der Waals surface area contributed by atoms with Crippen LogP contribution in [0.25, 0.3) is 0 Å². The van der Waals surface area contributed by atoms with Gasteiger partial charge in [-0.05, 0) is 32.2 Å². The highest BCUT2D eigenvalue weighted by atomic mass is 16.3. The molecule has 0 bridgehead atoms. The van der Waals surface area contributed by atoms with Gasteiger partial charge in [0.05, 0.1) is 6.61 Å². The number of hydrogen-bond donors (Lipinski definition) is 1. The molecular formula is C10H19NO. The van der Waals surface area contributed by atoms with Crippen molar-refractivity contribution in [1.29, 1.82) is 0 Å². The largest absolute Gasteiger partial charge is 0.395 e. The van der Waals surface area contributed by atoms with Crippen LogP contribution in [0.4, 0.5) is 0 Å². The van der Waals surface area contributed by atoms with E-state index in [0.29, 0.717) is 12.6 Å². The fraction of sp³-hybridized carbons (Fsp3) is 1.00. The summed E-state index contributed by atoms with van der Waals surface area (Å²) in [5.74, 6) is 0. The maximum atomic E-state index is 9.16. The SMILES string of the molecule is OC[C@@H]1CCCN1C1CCCC1. The number of likely N-dealkylation sites (tertiary alicyclic amines) is 1. The molecule has 0 aromatic heterocycles. The molecular weight excluding hydrogens is 150 g/mol. The molecule has 12 heavy (non-hydrogen) atoms. The van der Waals surface area contributed by atoms with Crippen LogP contribution in [-0.2, 0) is 0 Å². The Morgan fingerprint density at radius 1 is 1.08 bits per heavy atom. The van der Waals surface area contributed by atoms with Crippen LogP contribution in [0.5, 0.6) is 0 Å². The number of aliphatic hydroxyl groups excluding tert-OH is 1. The molecule has 1 aliphatic heterocycles. The molecule has 0 amide bonds. The van der Waals surface area contributed by atoms with Crippen LogP contribution in [0.15, 0.2) is 0 Å². The molecule has 1 heterocycles. The summed E-state index contributed by atoms with van der Waals surface area (Å²) < 4.78 is 0. The summed E-state index contributed by atoms with van der Waals surface area (Å²) in [6, 6.07) is 1.30. The van der Waals surface area contributed by atoms with E-state index < -0.39 is 0 Å². The van der Waals surface area contributed by atoms with Crippen molar-refractivity contribution in [2.75, 3.05) is 13.2 Å². The Kier molecular flexibility index (Phi) is 2.66. The van der Waals surface area contributed by atoms with Crippen molar-refractivity contribution in [2.24, 2.45) is 0 Å². The van der Waals surface area contributed by atoms with Crippen LogP contribution in [0.3, 0.4) is 0 Å². The van der Waals surface area contributed by atoms with Crippen LogP contribution in [0.2, 0.25) is 0 Å². The summed E-state index contributed by atoms with van der Waals surface area (Å²) >= 11 is 0. The van der Waals surface area contributed by atoms with Gasteiger partial charge in [0.15, 0.2) is 0 Å². The summed E-state index contributed by atoms with van der Waals surface area (Å²) in [6.45, 7) is 1.60. The number of nitrogens with zero attached hydrogens (tertiary/aromatic N) is 1. The highest BCUT2D eigenvalue weighted by molar-refractivity contribution is 4.86. The smallest absolute Gasteiger partial charge is 0.0586 e. The Morgan fingerprint density at radius 3 is 2.50 bits per heavy atom. The van der Waals surface area contributed by atoms with Gasteiger partial charge in [-0.25, -0.2) is 0 Å². The van der Waals surface area contributed by atoms with Crippen molar-refractivity contribution in [3.63, 3.8) is 0 Å². The zero-order valence-corrected chi connectivity index (χ0v) is 7.71. The van der Waals surface area contributed by atoms with E-state index in [1.54, 1.807) is 0 Å². The van der Waals surface area contributed by atoms with Gasteiger partial charge in [0, 0.05) is 12.1 Å². The van der Waals surface area contributed by atoms with Crippen LogP contribution in [0.1, 0.15) is 38.5 Å². The lowest BCUT2D eigenvalue weighted by Crippen LogP contribution is -2.39. The van der Waals surface area contributed by atoms with Gasteiger partial charge in [-0.3, -0.25) is 4.90 Å². The van der Waals surface area contributed by atoms with Gasteiger partial charge in [-0.1, -0.05) is 12.8 Å². The predicted molar refractivity (Wildman–Crippen MR) is 49.1 cm³/mol. The molecule has 0 spiro atoms. The molecule has 2 heteroatoms. The quantitative estimate of drug-likeness (QED) is 0.675. The lowest BCUT2D eigenvalue weighted by atomic mass is 10.2. The van der Waals surface area contributed by atoms with Gasteiger partial charge < -0.3 is 5.11 Å². The average Bonchev–Trinajstić information content (AvgIpc) is 2.74. The van der Waals surface area contributed by atoms with E-state index in [-0.39, 0.29) is 0 Å².